The second-order valence-corrected chi connectivity index (χ2v) is 11.9. The van der Waals surface area contributed by atoms with E-state index in [2.05, 4.69) is 0 Å². The molecule has 6 nitrogen and oxygen atoms in total. The Morgan fingerprint density at radius 3 is 1.92 bits per heavy atom. The molecule has 8 heteroatoms. The zero-order valence-electron chi connectivity index (χ0n) is 22.4. The van der Waals surface area contributed by atoms with E-state index in [0.717, 1.165) is 0 Å². The molecule has 0 aromatic heterocycles. The van der Waals surface area contributed by atoms with Crippen molar-refractivity contribution in [3.63, 3.8) is 0 Å². The van der Waals surface area contributed by atoms with E-state index >= 15 is 4.39 Å². The maximum atomic E-state index is 15.2. The van der Waals surface area contributed by atoms with Gasteiger partial charge in [-0.25, -0.2) is 8.78 Å². The summed E-state index contributed by atoms with van der Waals surface area (Å²) in [4.78, 5) is 30.1. The van der Waals surface area contributed by atoms with Crippen LogP contribution in [0.3, 0.4) is 0 Å². The Kier molecular flexibility index (Phi) is 9.64. The monoisotopic (exact) mass is 512 g/mol. The summed E-state index contributed by atoms with van der Waals surface area (Å²) in [5.74, 6) is -1.01. The van der Waals surface area contributed by atoms with Crippen LogP contribution in [0.25, 0.3) is 0 Å². The highest BCUT2D eigenvalue weighted by molar-refractivity contribution is 5.82. The lowest BCUT2D eigenvalue weighted by atomic mass is 9.83. The van der Waals surface area contributed by atoms with Crippen molar-refractivity contribution in [3.05, 3.63) is 0 Å². The van der Waals surface area contributed by atoms with Gasteiger partial charge in [-0.05, 0) is 58.3 Å². The molecule has 0 radical (unpaired) electrons. The number of piperazine rings is 1. The normalized spacial score (nSPS) is 38.7. The van der Waals surface area contributed by atoms with Crippen molar-refractivity contribution in [3.8, 4) is 0 Å². The summed E-state index contributed by atoms with van der Waals surface area (Å²) in [5.41, 5.74) is 0. The fraction of sp³-hybridized carbons (Fsp3) is 0.929. The number of ether oxygens (including phenoxy) is 2. The summed E-state index contributed by atoms with van der Waals surface area (Å²) in [6.45, 7) is 5.27. The van der Waals surface area contributed by atoms with E-state index in [1.54, 1.807) is 16.9 Å². The standard InChI is InChI=1S/C28H46F2N2O4/c1-18-15-31(27(33)23-11-9-21(35-3)13-25(23)29)16-19(2)32(18)28(34)24-12-10-22(14-26(24)30)36-17-20-7-5-4-6-8-20/h18-26H,4-17H2,1-3H3/t18-,19-,21?,22?,23?,24?,25?,26?/m1/s1. The van der Waals surface area contributed by atoms with Crippen LogP contribution in [0.1, 0.15) is 84.5 Å². The molecule has 2 amide bonds. The number of hydrogen-bond donors (Lipinski definition) is 0. The Labute approximate surface area is 215 Å². The number of carbonyl (C=O) groups is 2. The highest BCUT2D eigenvalue weighted by Crippen LogP contribution is 2.35. The van der Waals surface area contributed by atoms with Gasteiger partial charge in [-0.15, -0.1) is 0 Å². The fourth-order valence-corrected chi connectivity index (χ4v) is 7.07. The number of rotatable bonds is 6. The summed E-state index contributed by atoms with van der Waals surface area (Å²) in [7, 11) is 1.58. The molecule has 6 unspecified atom stereocenters. The smallest absolute Gasteiger partial charge is 0.229 e. The molecule has 0 bridgehead atoms. The second kappa shape index (κ2) is 12.5. The van der Waals surface area contributed by atoms with Gasteiger partial charge in [0.25, 0.3) is 0 Å². The molecular formula is C28H46F2N2O4. The summed E-state index contributed by atoms with van der Waals surface area (Å²) in [6, 6.07) is -0.461. The van der Waals surface area contributed by atoms with Crippen molar-refractivity contribution in [2.75, 3.05) is 26.8 Å². The molecule has 0 aromatic rings. The van der Waals surface area contributed by atoms with Crippen LogP contribution in [0.4, 0.5) is 8.78 Å². The molecule has 4 rings (SSSR count). The third-order valence-electron chi connectivity index (χ3n) is 9.19. The SMILES string of the molecule is COC1CCC(C(=O)N2C[C@@H](C)N(C(=O)C3CCC(OCC4CCCCC4)CC3F)[C@H](C)C2)C(F)C1. The largest absolute Gasteiger partial charge is 0.381 e. The Balaban J connectivity index is 1.28. The fourth-order valence-electron chi connectivity index (χ4n) is 7.07. The van der Waals surface area contributed by atoms with Gasteiger partial charge in [-0.1, -0.05) is 19.3 Å². The molecule has 3 saturated carbocycles. The number of halogens is 2. The van der Waals surface area contributed by atoms with Gasteiger partial charge >= 0.3 is 0 Å². The van der Waals surface area contributed by atoms with Crippen molar-refractivity contribution in [1.29, 1.82) is 0 Å². The average molecular weight is 513 g/mol. The van der Waals surface area contributed by atoms with E-state index in [9.17, 15) is 14.0 Å². The maximum Gasteiger partial charge on any atom is 0.229 e. The highest BCUT2D eigenvalue weighted by atomic mass is 19.1. The average Bonchev–Trinajstić information content (AvgIpc) is 2.87. The first kappa shape index (κ1) is 27.7. The van der Waals surface area contributed by atoms with Crippen LogP contribution in [-0.2, 0) is 19.1 Å². The van der Waals surface area contributed by atoms with Crippen molar-refractivity contribution >= 4 is 11.8 Å². The molecule has 36 heavy (non-hydrogen) atoms. The lowest BCUT2D eigenvalue weighted by Gasteiger charge is -2.47. The minimum Gasteiger partial charge on any atom is -0.381 e. The van der Waals surface area contributed by atoms with Gasteiger partial charge in [-0.3, -0.25) is 9.59 Å². The van der Waals surface area contributed by atoms with Gasteiger partial charge in [-0.2, -0.15) is 0 Å². The Morgan fingerprint density at radius 1 is 0.778 bits per heavy atom. The molecular weight excluding hydrogens is 466 g/mol. The first-order chi connectivity index (χ1) is 17.3. The molecule has 1 saturated heterocycles. The molecule has 4 fully saturated rings. The third kappa shape index (κ3) is 6.40. The summed E-state index contributed by atoms with van der Waals surface area (Å²) < 4.78 is 41.3. The van der Waals surface area contributed by atoms with Gasteiger partial charge in [0, 0.05) is 51.7 Å². The number of hydrogen-bond acceptors (Lipinski definition) is 4. The van der Waals surface area contributed by atoms with E-state index < -0.39 is 24.2 Å². The predicted molar refractivity (Wildman–Crippen MR) is 134 cm³/mol. The second-order valence-electron chi connectivity index (χ2n) is 11.9. The van der Waals surface area contributed by atoms with Gasteiger partial charge < -0.3 is 19.3 Å². The van der Waals surface area contributed by atoms with Crippen LogP contribution in [0, 0.1) is 17.8 Å². The summed E-state index contributed by atoms with van der Waals surface area (Å²) in [5, 5.41) is 0. The molecule has 8 atom stereocenters. The van der Waals surface area contributed by atoms with Crippen LogP contribution < -0.4 is 0 Å². The van der Waals surface area contributed by atoms with Crippen molar-refractivity contribution in [1.82, 2.24) is 9.80 Å². The van der Waals surface area contributed by atoms with E-state index in [4.69, 9.17) is 9.47 Å². The number of amides is 2. The lowest BCUT2D eigenvalue weighted by molar-refractivity contribution is -0.156. The Hall–Kier alpha value is -1.28. The highest BCUT2D eigenvalue weighted by Gasteiger charge is 2.45. The molecule has 0 aromatic carbocycles. The van der Waals surface area contributed by atoms with E-state index in [-0.39, 0.29) is 48.9 Å². The van der Waals surface area contributed by atoms with E-state index in [1.807, 2.05) is 13.8 Å². The van der Waals surface area contributed by atoms with Crippen LogP contribution >= 0.6 is 0 Å². The number of methoxy groups -OCH3 is 1. The van der Waals surface area contributed by atoms with Crippen LogP contribution in [0.5, 0.6) is 0 Å². The minimum atomic E-state index is -1.20. The minimum absolute atomic E-state index is 0.0999. The van der Waals surface area contributed by atoms with Crippen molar-refractivity contribution in [2.45, 2.75) is 121 Å². The zero-order chi connectivity index (χ0) is 25.8. The first-order valence-corrected chi connectivity index (χ1v) is 14.3. The van der Waals surface area contributed by atoms with Gasteiger partial charge in [0.1, 0.15) is 12.3 Å². The first-order valence-electron chi connectivity index (χ1n) is 14.3. The summed E-state index contributed by atoms with van der Waals surface area (Å²) in [6.07, 6.45) is 6.53. The Morgan fingerprint density at radius 2 is 1.33 bits per heavy atom. The van der Waals surface area contributed by atoms with Crippen LogP contribution in [-0.4, -0.2) is 85.1 Å². The molecule has 4 aliphatic rings. The van der Waals surface area contributed by atoms with Crippen molar-refractivity contribution < 1.29 is 27.8 Å². The lowest BCUT2D eigenvalue weighted by Crippen LogP contribution is -2.62. The summed E-state index contributed by atoms with van der Waals surface area (Å²) >= 11 is 0. The van der Waals surface area contributed by atoms with Crippen LogP contribution in [0.15, 0.2) is 0 Å². The van der Waals surface area contributed by atoms with Gasteiger partial charge in [0.05, 0.1) is 24.0 Å². The molecule has 0 spiro atoms. The zero-order valence-corrected chi connectivity index (χ0v) is 22.4. The topological polar surface area (TPSA) is 59.1 Å². The third-order valence-corrected chi connectivity index (χ3v) is 9.19. The van der Waals surface area contributed by atoms with Gasteiger partial charge in [0.15, 0.2) is 0 Å². The maximum absolute atomic E-state index is 15.2. The predicted octanol–water partition coefficient (Wildman–Crippen LogP) is 4.69. The van der Waals surface area contributed by atoms with E-state index in [1.165, 1.54) is 32.1 Å². The van der Waals surface area contributed by atoms with E-state index in [0.29, 0.717) is 51.3 Å². The Bertz CT molecular complexity index is 737. The number of alkyl halides is 2. The van der Waals surface area contributed by atoms with Crippen LogP contribution in [0.2, 0.25) is 0 Å². The van der Waals surface area contributed by atoms with Crippen molar-refractivity contribution in [2.24, 2.45) is 17.8 Å². The molecule has 206 valence electrons. The molecule has 0 N–H and O–H groups in total. The molecule has 3 aliphatic carbocycles. The molecule has 1 heterocycles. The number of nitrogens with zero attached hydrogens (tertiary/aromatic N) is 2. The quantitative estimate of drug-likeness (QED) is 0.518. The van der Waals surface area contributed by atoms with Gasteiger partial charge in [0.2, 0.25) is 11.8 Å². The molecule has 1 aliphatic heterocycles. The number of carbonyl (C=O) groups excluding carboxylic acids is 2.